The van der Waals surface area contributed by atoms with Gasteiger partial charge in [-0.05, 0) is 6.07 Å². The van der Waals surface area contributed by atoms with E-state index in [1.165, 1.54) is 6.42 Å². The summed E-state index contributed by atoms with van der Waals surface area (Å²) < 4.78 is 0. The van der Waals surface area contributed by atoms with Crippen molar-refractivity contribution in [3.8, 4) is 0 Å². The third-order valence-corrected chi connectivity index (χ3v) is 0.913. The van der Waals surface area contributed by atoms with Gasteiger partial charge in [-0.25, -0.2) is 0 Å². The minimum Gasteiger partial charge on any atom is -0.469 e. The smallest absolute Gasteiger partial charge is 0 e. The van der Waals surface area contributed by atoms with E-state index in [2.05, 4.69) is 6.07 Å². The van der Waals surface area contributed by atoms with Crippen LogP contribution < -0.4 is 0 Å². The molecule has 9 heavy (non-hydrogen) atoms. The molecule has 0 nitrogen and oxygen atoms in total. The largest absolute Gasteiger partial charge is 0.469 e. The van der Waals surface area contributed by atoms with Crippen molar-refractivity contribution in [3.05, 3.63) is 49.2 Å². The van der Waals surface area contributed by atoms with Crippen LogP contribution in [0.5, 0.6) is 0 Å². The summed E-state index contributed by atoms with van der Waals surface area (Å²) in [5, 5.41) is 0. The van der Waals surface area contributed by atoms with Gasteiger partial charge in [-0.1, -0.05) is 29.8 Å². The van der Waals surface area contributed by atoms with Gasteiger partial charge in [-0.15, -0.1) is 0 Å². The van der Waals surface area contributed by atoms with E-state index in [0.717, 1.165) is 5.56 Å². The summed E-state index contributed by atoms with van der Waals surface area (Å²) in [4.78, 5) is 0. The first-order chi connectivity index (χ1) is 3.93. The van der Waals surface area contributed by atoms with Gasteiger partial charge in [0, 0.05) is 32.7 Å². The van der Waals surface area contributed by atoms with E-state index < -0.39 is 0 Å². The molecule has 42 valence electrons. The summed E-state index contributed by atoms with van der Waals surface area (Å²) >= 11 is 0. The maximum atomic E-state index is 5.19. The zero-order chi connectivity index (χ0) is 5.82. The Kier molecular flexibility index (Phi) is 5.12. The van der Waals surface area contributed by atoms with Crippen LogP contribution in [0.4, 0.5) is 0 Å². The maximum Gasteiger partial charge on any atom is 0 e. The van der Waals surface area contributed by atoms with Crippen molar-refractivity contribution in [2.75, 3.05) is 0 Å². The Hall–Kier alpha value is 0.194. The summed E-state index contributed by atoms with van der Waals surface area (Å²) in [5.74, 6) is 0. The second-order valence-corrected chi connectivity index (χ2v) is 1.48. The van der Waals surface area contributed by atoms with Crippen LogP contribution in [0.25, 0.3) is 0 Å². The van der Waals surface area contributed by atoms with E-state index in [-0.39, 0.29) is 32.7 Å². The number of benzene rings is 1. The van der Waals surface area contributed by atoms with E-state index in [9.17, 15) is 0 Å². The fraction of sp³-hybridized carbons (Fsp3) is 0. The Morgan fingerprint density at radius 3 is 2.56 bits per heavy atom. The van der Waals surface area contributed by atoms with Crippen molar-refractivity contribution in [2.24, 2.45) is 0 Å². The van der Waals surface area contributed by atoms with E-state index in [1.807, 2.05) is 24.3 Å². The molecule has 0 spiro atoms. The molecular formula is C8H6Y-. The van der Waals surface area contributed by atoms with Crippen LogP contribution in [0.1, 0.15) is 5.56 Å². The van der Waals surface area contributed by atoms with Crippen molar-refractivity contribution < 1.29 is 32.7 Å². The summed E-state index contributed by atoms with van der Waals surface area (Å²) in [7, 11) is 0. The minimum absolute atomic E-state index is 0. The van der Waals surface area contributed by atoms with Gasteiger partial charge >= 0.3 is 0 Å². The first-order valence-electron chi connectivity index (χ1n) is 2.45. The summed E-state index contributed by atoms with van der Waals surface area (Å²) in [6.45, 7) is 5.19. The maximum absolute atomic E-state index is 5.19. The zero-order valence-corrected chi connectivity index (χ0v) is 7.88. The Balaban J connectivity index is 0.000000640. The van der Waals surface area contributed by atoms with Crippen molar-refractivity contribution in [1.29, 1.82) is 0 Å². The second-order valence-electron chi connectivity index (χ2n) is 1.48. The first-order valence-corrected chi connectivity index (χ1v) is 2.45. The van der Waals surface area contributed by atoms with Crippen LogP contribution in [0, 0.1) is 19.4 Å². The van der Waals surface area contributed by atoms with Gasteiger partial charge < -0.3 is 6.92 Å². The zero-order valence-electron chi connectivity index (χ0n) is 5.04. The molecule has 0 N–H and O–H groups in total. The quantitative estimate of drug-likeness (QED) is 0.593. The van der Waals surface area contributed by atoms with E-state index >= 15 is 0 Å². The van der Waals surface area contributed by atoms with Gasteiger partial charge in [-0.2, -0.15) is 0 Å². The summed E-state index contributed by atoms with van der Waals surface area (Å²) in [5.41, 5.74) is 0.938. The molecule has 0 saturated heterocycles. The molecule has 0 atom stereocenters. The monoisotopic (exact) mass is 191 g/mol. The Morgan fingerprint density at radius 2 is 2.22 bits per heavy atom. The van der Waals surface area contributed by atoms with Crippen LogP contribution in [0.2, 0.25) is 0 Å². The third-order valence-electron chi connectivity index (χ3n) is 0.913. The van der Waals surface area contributed by atoms with Gasteiger partial charge in [0.2, 0.25) is 0 Å². The third kappa shape index (κ3) is 3.03. The molecule has 0 aliphatic rings. The molecule has 0 saturated carbocycles. The topological polar surface area (TPSA) is 0 Å². The standard InChI is InChI=1S/C8H6.Y/c1-2-8-6-4-3-5-7-8;/h1-6H;/q-1;. The Labute approximate surface area is 81.5 Å². The van der Waals surface area contributed by atoms with Gasteiger partial charge in [0.05, 0.1) is 0 Å². The predicted octanol–water partition coefficient (Wildman–Crippen LogP) is 1.75. The molecule has 0 heterocycles. The van der Waals surface area contributed by atoms with Gasteiger partial charge in [0.25, 0.3) is 0 Å². The van der Waals surface area contributed by atoms with Crippen LogP contribution >= 0.6 is 0 Å². The molecule has 1 rings (SSSR count). The van der Waals surface area contributed by atoms with Crippen LogP contribution in [0.15, 0.2) is 24.3 Å². The van der Waals surface area contributed by atoms with Gasteiger partial charge in [-0.3, -0.25) is 6.42 Å². The van der Waals surface area contributed by atoms with Crippen LogP contribution in [-0.4, -0.2) is 0 Å². The van der Waals surface area contributed by atoms with Gasteiger partial charge in [0.15, 0.2) is 0 Å². The molecule has 0 aliphatic heterocycles. The Morgan fingerprint density at radius 1 is 1.44 bits per heavy atom. The Bertz CT molecular complexity index is 146. The number of hydrogen-bond acceptors (Lipinski definition) is 0. The minimum atomic E-state index is 0. The fourth-order valence-corrected chi connectivity index (χ4v) is 0.511. The molecular weight excluding hydrogens is 185 g/mol. The molecule has 1 aromatic rings. The molecule has 0 bridgehead atoms. The van der Waals surface area contributed by atoms with E-state index in [0.29, 0.717) is 0 Å². The van der Waals surface area contributed by atoms with Crippen LogP contribution in [0.3, 0.4) is 0 Å². The number of rotatable bonds is 1. The molecule has 0 aromatic heterocycles. The predicted molar refractivity (Wildman–Crippen MR) is 33.0 cm³/mol. The molecule has 0 fully saturated rings. The van der Waals surface area contributed by atoms with Crippen molar-refractivity contribution in [2.45, 2.75) is 0 Å². The number of hydrogen-bond donors (Lipinski definition) is 0. The van der Waals surface area contributed by atoms with Crippen LogP contribution in [-0.2, 0) is 32.7 Å². The van der Waals surface area contributed by atoms with Crippen molar-refractivity contribution >= 4 is 0 Å². The molecule has 2 radical (unpaired) electrons. The fourth-order valence-electron chi connectivity index (χ4n) is 0.511. The molecule has 1 aromatic carbocycles. The molecule has 0 aliphatic carbocycles. The normalized spacial score (nSPS) is 7.67. The second kappa shape index (κ2) is 5.02. The summed E-state index contributed by atoms with van der Waals surface area (Å²) in [6, 6.07) is 10.5. The molecule has 0 unspecified atom stereocenters. The SMILES string of the molecule is [CH-][CH+]c1[c-]cccc1.[Y]. The van der Waals surface area contributed by atoms with Crippen molar-refractivity contribution in [1.82, 2.24) is 0 Å². The van der Waals surface area contributed by atoms with E-state index in [4.69, 9.17) is 6.92 Å². The molecule has 1 heteroatoms. The summed E-state index contributed by atoms with van der Waals surface area (Å²) in [6.07, 6.45) is 1.53. The van der Waals surface area contributed by atoms with Gasteiger partial charge in [0.1, 0.15) is 0 Å². The average molecular weight is 191 g/mol. The van der Waals surface area contributed by atoms with E-state index in [1.54, 1.807) is 0 Å². The van der Waals surface area contributed by atoms with Crippen molar-refractivity contribution in [3.63, 3.8) is 0 Å². The molecule has 0 amide bonds. The average Bonchev–Trinajstić information content (AvgIpc) is 1.90. The first kappa shape index (κ1) is 9.19.